The van der Waals surface area contributed by atoms with Crippen LogP contribution in [0.3, 0.4) is 0 Å². The summed E-state index contributed by atoms with van der Waals surface area (Å²) in [4.78, 5) is 12.1. The maximum atomic E-state index is 12.9. The van der Waals surface area contributed by atoms with Gasteiger partial charge in [0.25, 0.3) is 5.91 Å². The van der Waals surface area contributed by atoms with E-state index in [0.717, 1.165) is 12.0 Å². The molecule has 2 heterocycles. The summed E-state index contributed by atoms with van der Waals surface area (Å²) < 4.78 is 27.2. The number of benzene rings is 1. The summed E-state index contributed by atoms with van der Waals surface area (Å²) in [7, 11) is -3.59. The highest BCUT2D eigenvalue weighted by Gasteiger charge is 2.34. The van der Waals surface area contributed by atoms with Gasteiger partial charge in [-0.05, 0) is 43.9 Å². The first kappa shape index (κ1) is 15.5. The molecule has 120 valence electrons. The lowest BCUT2D eigenvalue weighted by Crippen LogP contribution is -2.48. The van der Waals surface area contributed by atoms with E-state index in [9.17, 15) is 13.2 Å². The van der Waals surface area contributed by atoms with E-state index in [0.29, 0.717) is 31.5 Å². The van der Waals surface area contributed by atoms with Crippen LogP contribution >= 0.6 is 0 Å². The minimum absolute atomic E-state index is 0.0516. The number of rotatable bonds is 2. The lowest BCUT2D eigenvalue weighted by Gasteiger charge is -2.35. The van der Waals surface area contributed by atoms with Gasteiger partial charge < -0.3 is 11.1 Å². The number of nitrogens with zero attached hydrogens (tertiary/aromatic N) is 1. The standard InChI is InChI=1S/C15H21N3O3S/c1-10-8-12(16)5-7-18(10)22(20,21)13-3-2-11-4-6-17-15(19)14(11)9-13/h2-3,9-10,12H,4-8,16H2,1H3,(H,17,19)/t10-,12+/m1/s1. The first-order valence-corrected chi connectivity index (χ1v) is 9.02. The molecule has 0 bridgehead atoms. The van der Waals surface area contributed by atoms with Crippen LogP contribution in [-0.4, -0.2) is 43.8 Å². The lowest BCUT2D eigenvalue weighted by atomic mass is 10.0. The second kappa shape index (κ2) is 5.64. The van der Waals surface area contributed by atoms with Crippen LogP contribution in [0.4, 0.5) is 0 Å². The smallest absolute Gasteiger partial charge is 0.251 e. The number of piperidine rings is 1. The molecule has 1 amide bonds. The molecule has 0 spiro atoms. The molecule has 1 aromatic rings. The average Bonchev–Trinajstić information content (AvgIpc) is 2.47. The first-order valence-electron chi connectivity index (χ1n) is 7.58. The highest BCUT2D eigenvalue weighted by atomic mass is 32.2. The third kappa shape index (κ3) is 2.64. The number of hydrogen-bond donors (Lipinski definition) is 2. The Bertz CT molecular complexity index is 702. The molecule has 2 atom stereocenters. The van der Waals surface area contributed by atoms with Crippen molar-refractivity contribution < 1.29 is 13.2 Å². The predicted octanol–water partition coefficient (Wildman–Crippen LogP) is 0.473. The maximum Gasteiger partial charge on any atom is 0.251 e. The molecular formula is C15H21N3O3S. The monoisotopic (exact) mass is 323 g/mol. The van der Waals surface area contributed by atoms with Crippen LogP contribution in [0.5, 0.6) is 0 Å². The first-order chi connectivity index (χ1) is 10.4. The number of hydrogen-bond acceptors (Lipinski definition) is 4. The average molecular weight is 323 g/mol. The molecule has 0 saturated carbocycles. The molecular weight excluding hydrogens is 302 g/mol. The molecule has 1 aromatic carbocycles. The molecule has 0 aliphatic carbocycles. The van der Waals surface area contributed by atoms with Gasteiger partial charge in [-0.25, -0.2) is 8.42 Å². The van der Waals surface area contributed by atoms with E-state index < -0.39 is 10.0 Å². The summed E-state index contributed by atoms with van der Waals surface area (Å²) in [6, 6.07) is 4.78. The summed E-state index contributed by atoms with van der Waals surface area (Å²) in [5.41, 5.74) is 7.27. The normalized spacial score (nSPS) is 26.4. The van der Waals surface area contributed by atoms with Gasteiger partial charge in [0, 0.05) is 30.7 Å². The number of carbonyl (C=O) groups excluding carboxylic acids is 1. The molecule has 0 unspecified atom stereocenters. The van der Waals surface area contributed by atoms with E-state index >= 15 is 0 Å². The molecule has 2 aliphatic heterocycles. The largest absolute Gasteiger partial charge is 0.352 e. The minimum atomic E-state index is -3.59. The summed E-state index contributed by atoms with van der Waals surface area (Å²) in [5, 5.41) is 2.75. The van der Waals surface area contributed by atoms with Gasteiger partial charge in [0.1, 0.15) is 0 Å². The third-order valence-corrected chi connectivity index (χ3v) is 6.48. The van der Waals surface area contributed by atoms with Gasteiger partial charge in [-0.15, -0.1) is 0 Å². The summed E-state index contributed by atoms with van der Waals surface area (Å²) in [6.07, 6.45) is 2.05. The van der Waals surface area contributed by atoms with Crippen LogP contribution in [-0.2, 0) is 16.4 Å². The van der Waals surface area contributed by atoms with Crippen LogP contribution in [0.15, 0.2) is 23.1 Å². The molecule has 22 heavy (non-hydrogen) atoms. The number of carbonyl (C=O) groups is 1. The fourth-order valence-corrected chi connectivity index (χ4v) is 4.91. The Balaban J connectivity index is 1.96. The number of fused-ring (bicyclic) bond motifs is 1. The van der Waals surface area contributed by atoms with Crippen LogP contribution in [0.1, 0.15) is 35.7 Å². The zero-order valence-corrected chi connectivity index (χ0v) is 13.4. The van der Waals surface area contributed by atoms with Gasteiger partial charge in [-0.3, -0.25) is 4.79 Å². The zero-order valence-electron chi connectivity index (χ0n) is 12.6. The molecule has 0 aromatic heterocycles. The van der Waals surface area contributed by atoms with Crippen LogP contribution in [0.25, 0.3) is 0 Å². The Morgan fingerprint density at radius 1 is 1.36 bits per heavy atom. The van der Waals surface area contributed by atoms with E-state index in [4.69, 9.17) is 5.73 Å². The SMILES string of the molecule is C[C@@H]1C[C@@H](N)CCN1S(=O)(=O)c1ccc2c(c1)C(=O)NCC2. The van der Waals surface area contributed by atoms with Gasteiger partial charge in [-0.2, -0.15) is 4.31 Å². The van der Waals surface area contributed by atoms with E-state index in [2.05, 4.69) is 5.32 Å². The molecule has 7 heteroatoms. The van der Waals surface area contributed by atoms with Crippen LogP contribution in [0.2, 0.25) is 0 Å². The molecule has 1 saturated heterocycles. The van der Waals surface area contributed by atoms with Gasteiger partial charge >= 0.3 is 0 Å². The number of sulfonamides is 1. The van der Waals surface area contributed by atoms with E-state index in [-0.39, 0.29) is 22.9 Å². The Morgan fingerprint density at radius 2 is 2.14 bits per heavy atom. The second-order valence-corrected chi connectivity index (χ2v) is 7.96. The van der Waals surface area contributed by atoms with E-state index in [1.807, 2.05) is 6.92 Å². The third-order valence-electron chi connectivity index (χ3n) is 4.47. The van der Waals surface area contributed by atoms with Crippen molar-refractivity contribution in [3.63, 3.8) is 0 Å². The minimum Gasteiger partial charge on any atom is -0.352 e. The van der Waals surface area contributed by atoms with Gasteiger partial charge in [0.05, 0.1) is 4.90 Å². The summed E-state index contributed by atoms with van der Waals surface area (Å²) >= 11 is 0. The van der Waals surface area contributed by atoms with Crippen LogP contribution < -0.4 is 11.1 Å². The fraction of sp³-hybridized carbons (Fsp3) is 0.533. The van der Waals surface area contributed by atoms with Crippen molar-refractivity contribution in [2.24, 2.45) is 5.73 Å². The Morgan fingerprint density at radius 3 is 2.86 bits per heavy atom. The van der Waals surface area contributed by atoms with Gasteiger partial charge in [-0.1, -0.05) is 6.07 Å². The Hall–Kier alpha value is -1.44. The van der Waals surface area contributed by atoms with Crippen molar-refractivity contribution >= 4 is 15.9 Å². The van der Waals surface area contributed by atoms with Crippen molar-refractivity contribution in [2.45, 2.75) is 43.2 Å². The summed E-state index contributed by atoms with van der Waals surface area (Å²) in [6.45, 7) is 2.90. The second-order valence-electron chi connectivity index (χ2n) is 6.07. The molecule has 1 fully saturated rings. The lowest BCUT2D eigenvalue weighted by molar-refractivity contribution is 0.0945. The molecule has 0 radical (unpaired) electrons. The number of nitrogens with one attached hydrogen (secondary N) is 1. The van der Waals surface area contributed by atoms with Crippen molar-refractivity contribution in [3.05, 3.63) is 29.3 Å². The highest BCUT2D eigenvalue weighted by Crippen LogP contribution is 2.27. The number of amides is 1. The van der Waals surface area contributed by atoms with E-state index in [1.54, 1.807) is 12.1 Å². The molecule has 3 N–H and O–H groups in total. The Labute approximate surface area is 130 Å². The molecule has 2 aliphatic rings. The Kier molecular flexibility index (Phi) is 3.96. The molecule has 6 nitrogen and oxygen atoms in total. The summed E-state index contributed by atoms with van der Waals surface area (Å²) in [5.74, 6) is -0.202. The molecule has 3 rings (SSSR count). The quantitative estimate of drug-likeness (QED) is 0.827. The van der Waals surface area contributed by atoms with Crippen molar-refractivity contribution in [1.29, 1.82) is 0 Å². The maximum absolute atomic E-state index is 12.9. The number of nitrogens with two attached hydrogens (primary N) is 1. The highest BCUT2D eigenvalue weighted by molar-refractivity contribution is 7.89. The van der Waals surface area contributed by atoms with Gasteiger partial charge in [0.2, 0.25) is 10.0 Å². The fourth-order valence-electron chi connectivity index (χ4n) is 3.23. The van der Waals surface area contributed by atoms with Crippen molar-refractivity contribution in [2.75, 3.05) is 13.1 Å². The van der Waals surface area contributed by atoms with Crippen molar-refractivity contribution in [1.82, 2.24) is 9.62 Å². The van der Waals surface area contributed by atoms with Gasteiger partial charge in [0.15, 0.2) is 0 Å². The predicted molar refractivity (Wildman–Crippen MR) is 83.0 cm³/mol. The van der Waals surface area contributed by atoms with Crippen molar-refractivity contribution in [3.8, 4) is 0 Å². The van der Waals surface area contributed by atoms with E-state index in [1.165, 1.54) is 10.4 Å². The van der Waals surface area contributed by atoms with Crippen LogP contribution in [0, 0.1) is 0 Å². The topological polar surface area (TPSA) is 92.5 Å². The zero-order chi connectivity index (χ0) is 15.9.